The van der Waals surface area contributed by atoms with Gasteiger partial charge in [-0.1, -0.05) is 24.8 Å². The van der Waals surface area contributed by atoms with E-state index in [4.69, 9.17) is 0 Å². The molecule has 1 aromatic carbocycles. The molecule has 130 valence electrons. The van der Waals surface area contributed by atoms with Crippen LogP contribution in [-0.4, -0.2) is 27.4 Å². The summed E-state index contributed by atoms with van der Waals surface area (Å²) in [7, 11) is 0. The molecule has 3 heterocycles. The number of carbonyl (C=O) groups is 1. The van der Waals surface area contributed by atoms with Crippen LogP contribution in [-0.2, 0) is 11.2 Å². The maximum atomic E-state index is 11.6. The average molecular weight is 345 g/mol. The second-order valence-electron chi connectivity index (χ2n) is 6.21. The number of hydrogen-bond acceptors (Lipinski definition) is 5. The Hall–Kier alpha value is -3.28. The molecule has 3 aromatic rings. The van der Waals surface area contributed by atoms with E-state index in [0.717, 1.165) is 42.5 Å². The first-order valence-corrected chi connectivity index (χ1v) is 8.66. The standard InChI is InChI=1S/C20H19N5O/c1-2-19(26)24-18-11-15-16(12-21-18)22-13-23-20(15)25-10-6-5-8-14-7-3-4-9-17(14)25/h2-4,7,9,11-13H,1,5-6,8,10H2,(H,21,24,26). The molecule has 1 aliphatic rings. The maximum absolute atomic E-state index is 11.6. The molecule has 0 radical (unpaired) electrons. The number of para-hydroxylation sites is 1. The van der Waals surface area contributed by atoms with E-state index in [1.807, 2.05) is 6.07 Å². The van der Waals surface area contributed by atoms with Gasteiger partial charge in [-0.05, 0) is 43.0 Å². The first-order chi connectivity index (χ1) is 12.8. The lowest BCUT2D eigenvalue weighted by atomic mass is 10.1. The highest BCUT2D eigenvalue weighted by Gasteiger charge is 2.20. The highest BCUT2D eigenvalue weighted by Crippen LogP contribution is 2.35. The minimum atomic E-state index is -0.296. The SMILES string of the molecule is C=CC(=O)Nc1cc2c(N3CCCCc4ccccc43)ncnc2cn1. The Bertz CT molecular complexity index is 985. The molecule has 2 aromatic heterocycles. The Morgan fingerprint density at radius 2 is 2.08 bits per heavy atom. The number of pyridine rings is 1. The molecular weight excluding hydrogens is 326 g/mol. The van der Waals surface area contributed by atoms with Crippen molar-refractivity contribution in [2.24, 2.45) is 0 Å². The lowest BCUT2D eigenvalue weighted by molar-refractivity contribution is -0.111. The van der Waals surface area contributed by atoms with Gasteiger partial charge in [0, 0.05) is 17.6 Å². The van der Waals surface area contributed by atoms with Crippen molar-refractivity contribution in [3.05, 3.63) is 61.1 Å². The number of aryl methyl sites for hydroxylation is 1. The van der Waals surface area contributed by atoms with Crippen LogP contribution in [0.1, 0.15) is 18.4 Å². The number of carbonyl (C=O) groups excluding carboxylic acids is 1. The Balaban J connectivity index is 1.84. The van der Waals surface area contributed by atoms with Crippen molar-refractivity contribution in [3.63, 3.8) is 0 Å². The molecule has 1 N–H and O–H groups in total. The number of hydrogen-bond donors (Lipinski definition) is 1. The molecule has 0 saturated heterocycles. The molecule has 1 aliphatic heterocycles. The molecule has 0 atom stereocenters. The Kier molecular flexibility index (Phi) is 4.31. The minimum Gasteiger partial charge on any atom is -0.326 e. The Labute approximate surface area is 151 Å². The van der Waals surface area contributed by atoms with Crippen molar-refractivity contribution in [3.8, 4) is 0 Å². The fourth-order valence-electron chi connectivity index (χ4n) is 3.32. The van der Waals surface area contributed by atoms with Crippen molar-refractivity contribution >= 4 is 34.1 Å². The fourth-order valence-corrected chi connectivity index (χ4v) is 3.32. The topological polar surface area (TPSA) is 71.0 Å². The number of amides is 1. The van der Waals surface area contributed by atoms with Crippen molar-refractivity contribution in [1.29, 1.82) is 0 Å². The zero-order valence-corrected chi connectivity index (χ0v) is 14.4. The van der Waals surface area contributed by atoms with Crippen LogP contribution in [0.4, 0.5) is 17.3 Å². The van der Waals surface area contributed by atoms with E-state index in [1.165, 1.54) is 17.3 Å². The van der Waals surface area contributed by atoms with E-state index >= 15 is 0 Å². The fraction of sp³-hybridized carbons (Fsp3) is 0.200. The van der Waals surface area contributed by atoms with E-state index in [1.54, 1.807) is 12.5 Å². The molecular formula is C20H19N5O. The Morgan fingerprint density at radius 3 is 2.96 bits per heavy atom. The number of nitrogens with zero attached hydrogens (tertiary/aromatic N) is 4. The van der Waals surface area contributed by atoms with Gasteiger partial charge in [-0.2, -0.15) is 0 Å². The van der Waals surface area contributed by atoms with Gasteiger partial charge in [0.15, 0.2) is 0 Å². The van der Waals surface area contributed by atoms with Crippen LogP contribution in [0.3, 0.4) is 0 Å². The van der Waals surface area contributed by atoms with E-state index in [0.29, 0.717) is 5.82 Å². The van der Waals surface area contributed by atoms with Crippen molar-refractivity contribution in [2.75, 3.05) is 16.8 Å². The Morgan fingerprint density at radius 1 is 1.19 bits per heavy atom. The summed E-state index contributed by atoms with van der Waals surface area (Å²) < 4.78 is 0. The monoisotopic (exact) mass is 345 g/mol. The average Bonchev–Trinajstić information content (AvgIpc) is 2.90. The third-order valence-electron chi connectivity index (χ3n) is 4.55. The lowest BCUT2D eigenvalue weighted by Gasteiger charge is -2.25. The van der Waals surface area contributed by atoms with Gasteiger partial charge >= 0.3 is 0 Å². The van der Waals surface area contributed by atoms with E-state index < -0.39 is 0 Å². The molecule has 0 spiro atoms. The molecule has 0 fully saturated rings. The second-order valence-corrected chi connectivity index (χ2v) is 6.21. The first-order valence-electron chi connectivity index (χ1n) is 8.66. The smallest absolute Gasteiger partial charge is 0.248 e. The van der Waals surface area contributed by atoms with Crippen LogP contribution in [0.5, 0.6) is 0 Å². The van der Waals surface area contributed by atoms with Gasteiger partial charge in [0.1, 0.15) is 18.0 Å². The van der Waals surface area contributed by atoms with Gasteiger partial charge in [0.05, 0.1) is 11.7 Å². The number of benzene rings is 1. The summed E-state index contributed by atoms with van der Waals surface area (Å²) in [5.41, 5.74) is 3.25. The number of fused-ring (bicyclic) bond motifs is 2. The molecule has 0 saturated carbocycles. The van der Waals surface area contributed by atoms with Crippen LogP contribution >= 0.6 is 0 Å². The number of rotatable bonds is 3. The normalized spacial score (nSPS) is 13.8. The molecule has 6 nitrogen and oxygen atoms in total. The van der Waals surface area contributed by atoms with Gasteiger partial charge < -0.3 is 10.2 Å². The largest absolute Gasteiger partial charge is 0.326 e. The molecule has 1 amide bonds. The summed E-state index contributed by atoms with van der Waals surface area (Å²) in [5.74, 6) is 0.998. The summed E-state index contributed by atoms with van der Waals surface area (Å²) in [6.45, 7) is 4.36. The quantitative estimate of drug-likeness (QED) is 0.734. The van der Waals surface area contributed by atoms with Crippen molar-refractivity contribution in [1.82, 2.24) is 15.0 Å². The van der Waals surface area contributed by atoms with Crippen LogP contribution in [0.25, 0.3) is 10.9 Å². The zero-order chi connectivity index (χ0) is 17.9. The molecule has 4 rings (SSSR count). The van der Waals surface area contributed by atoms with Gasteiger partial charge in [-0.25, -0.2) is 15.0 Å². The van der Waals surface area contributed by atoms with Crippen molar-refractivity contribution < 1.29 is 4.79 Å². The first kappa shape index (κ1) is 16.2. The van der Waals surface area contributed by atoms with Crippen LogP contribution in [0.15, 0.2) is 55.5 Å². The van der Waals surface area contributed by atoms with Crippen LogP contribution in [0.2, 0.25) is 0 Å². The summed E-state index contributed by atoms with van der Waals surface area (Å²) in [5, 5.41) is 3.56. The molecule has 0 aliphatic carbocycles. The second kappa shape index (κ2) is 6.92. The highest BCUT2D eigenvalue weighted by molar-refractivity contribution is 6.00. The molecule has 0 bridgehead atoms. The summed E-state index contributed by atoms with van der Waals surface area (Å²) >= 11 is 0. The molecule has 6 heteroatoms. The van der Waals surface area contributed by atoms with Crippen molar-refractivity contribution in [2.45, 2.75) is 19.3 Å². The van der Waals surface area contributed by atoms with Gasteiger partial charge in [0.2, 0.25) is 5.91 Å². The predicted octanol–water partition coefficient (Wildman–Crippen LogP) is 3.62. The van der Waals surface area contributed by atoms with E-state index in [-0.39, 0.29) is 5.91 Å². The van der Waals surface area contributed by atoms with Gasteiger partial charge in [-0.3, -0.25) is 4.79 Å². The maximum Gasteiger partial charge on any atom is 0.248 e. The van der Waals surface area contributed by atoms with E-state index in [9.17, 15) is 4.79 Å². The third kappa shape index (κ3) is 3.01. The van der Waals surface area contributed by atoms with Crippen LogP contribution in [0, 0.1) is 0 Å². The summed E-state index contributed by atoms with van der Waals surface area (Å²) in [6.07, 6.45) is 7.75. The molecule has 26 heavy (non-hydrogen) atoms. The molecule has 0 unspecified atom stereocenters. The minimum absolute atomic E-state index is 0.296. The van der Waals surface area contributed by atoms with Crippen LogP contribution < -0.4 is 10.2 Å². The zero-order valence-electron chi connectivity index (χ0n) is 14.4. The summed E-state index contributed by atoms with van der Waals surface area (Å²) in [4.78, 5) is 27.0. The predicted molar refractivity (Wildman–Crippen MR) is 103 cm³/mol. The third-order valence-corrected chi connectivity index (χ3v) is 4.55. The number of anilines is 3. The lowest BCUT2D eigenvalue weighted by Crippen LogP contribution is -2.19. The highest BCUT2D eigenvalue weighted by atomic mass is 16.1. The number of aromatic nitrogens is 3. The number of nitrogens with one attached hydrogen (secondary N) is 1. The van der Waals surface area contributed by atoms with Gasteiger partial charge in [0.25, 0.3) is 0 Å². The van der Waals surface area contributed by atoms with E-state index in [2.05, 4.69) is 56.0 Å². The van der Waals surface area contributed by atoms with Gasteiger partial charge in [-0.15, -0.1) is 0 Å². The summed E-state index contributed by atoms with van der Waals surface area (Å²) in [6, 6.07) is 10.3.